The van der Waals surface area contributed by atoms with Gasteiger partial charge >= 0.3 is 5.97 Å². The highest BCUT2D eigenvalue weighted by Crippen LogP contribution is 2.32. The molecule has 0 unspecified atom stereocenters. The van der Waals surface area contributed by atoms with Crippen molar-refractivity contribution in [3.63, 3.8) is 0 Å². The molecule has 0 N–H and O–H groups in total. The van der Waals surface area contributed by atoms with Gasteiger partial charge in [0.05, 0.1) is 30.8 Å². The Bertz CT molecular complexity index is 607. The summed E-state index contributed by atoms with van der Waals surface area (Å²) in [6.07, 6.45) is 3.43. The molecular formula is C18H27N3O4. The van der Waals surface area contributed by atoms with Crippen LogP contribution in [0.2, 0.25) is 0 Å². The molecule has 3 rings (SSSR count). The van der Waals surface area contributed by atoms with Crippen molar-refractivity contribution in [2.75, 3.05) is 32.8 Å². The molecule has 25 heavy (non-hydrogen) atoms. The molecular weight excluding hydrogens is 322 g/mol. The third kappa shape index (κ3) is 4.21. The van der Waals surface area contributed by atoms with Crippen LogP contribution in [0, 0.1) is 12.8 Å². The quantitative estimate of drug-likeness (QED) is 0.756. The van der Waals surface area contributed by atoms with Gasteiger partial charge in [0.25, 0.3) is 0 Å². The molecule has 0 saturated carbocycles. The summed E-state index contributed by atoms with van der Waals surface area (Å²) in [6.45, 7) is 6.69. The van der Waals surface area contributed by atoms with E-state index < -0.39 is 0 Å². The number of rotatable bonds is 5. The predicted molar refractivity (Wildman–Crippen MR) is 90.7 cm³/mol. The summed E-state index contributed by atoms with van der Waals surface area (Å²) in [5, 5.41) is 3.96. The Morgan fingerprint density at radius 2 is 2.04 bits per heavy atom. The molecule has 7 nitrogen and oxygen atoms in total. The number of piperidine rings is 1. The molecule has 1 aromatic heterocycles. The minimum absolute atomic E-state index is 0.0688. The van der Waals surface area contributed by atoms with Crippen LogP contribution in [-0.2, 0) is 14.3 Å². The number of aromatic nitrogens is 1. The van der Waals surface area contributed by atoms with Gasteiger partial charge < -0.3 is 14.2 Å². The third-order valence-electron chi connectivity index (χ3n) is 5.14. The van der Waals surface area contributed by atoms with E-state index in [0.717, 1.165) is 30.8 Å². The predicted octanol–water partition coefficient (Wildman–Crippen LogP) is 1.92. The van der Waals surface area contributed by atoms with Gasteiger partial charge in [-0.05, 0) is 46.1 Å². The molecule has 1 amide bonds. The Morgan fingerprint density at radius 1 is 1.28 bits per heavy atom. The number of nitrogens with zero attached hydrogens (tertiary/aromatic N) is 3. The fourth-order valence-electron chi connectivity index (χ4n) is 3.78. The highest BCUT2D eigenvalue weighted by atomic mass is 16.5. The molecule has 0 aromatic carbocycles. The fraction of sp³-hybridized carbons (Fsp3) is 0.722. The van der Waals surface area contributed by atoms with Crippen LogP contribution in [-0.4, -0.2) is 59.6 Å². The van der Waals surface area contributed by atoms with Crippen molar-refractivity contribution in [3.05, 3.63) is 17.5 Å². The van der Waals surface area contributed by atoms with Gasteiger partial charge in [0.2, 0.25) is 5.91 Å². The van der Waals surface area contributed by atoms with Crippen molar-refractivity contribution in [1.29, 1.82) is 0 Å². The normalized spacial score (nSPS) is 22.3. The molecule has 3 heterocycles. The summed E-state index contributed by atoms with van der Waals surface area (Å²) in [5.41, 5.74) is 0.870. The lowest BCUT2D eigenvalue weighted by Crippen LogP contribution is -2.45. The summed E-state index contributed by atoms with van der Waals surface area (Å²) in [7, 11) is 0. The second-order valence-electron chi connectivity index (χ2n) is 6.91. The van der Waals surface area contributed by atoms with E-state index in [9.17, 15) is 9.59 Å². The first kappa shape index (κ1) is 17.9. The van der Waals surface area contributed by atoms with E-state index in [1.54, 1.807) is 0 Å². The molecule has 1 atom stereocenters. The van der Waals surface area contributed by atoms with Gasteiger partial charge in [0, 0.05) is 19.2 Å². The van der Waals surface area contributed by atoms with E-state index in [-0.39, 0.29) is 23.8 Å². The van der Waals surface area contributed by atoms with Crippen molar-refractivity contribution >= 4 is 11.9 Å². The third-order valence-corrected chi connectivity index (χ3v) is 5.14. The highest BCUT2D eigenvalue weighted by Gasteiger charge is 2.33. The van der Waals surface area contributed by atoms with Crippen LogP contribution in [0.25, 0.3) is 0 Å². The number of ether oxygens (including phenoxy) is 1. The molecule has 2 aliphatic rings. The zero-order valence-electron chi connectivity index (χ0n) is 15.1. The maximum absolute atomic E-state index is 12.7. The van der Waals surface area contributed by atoms with Gasteiger partial charge in [-0.25, -0.2) is 0 Å². The van der Waals surface area contributed by atoms with Gasteiger partial charge in [0.1, 0.15) is 0 Å². The molecule has 0 bridgehead atoms. The summed E-state index contributed by atoms with van der Waals surface area (Å²) in [4.78, 5) is 28.5. The smallest absolute Gasteiger partial charge is 0.309 e. The van der Waals surface area contributed by atoms with Crippen molar-refractivity contribution < 1.29 is 18.8 Å². The van der Waals surface area contributed by atoms with Crippen LogP contribution in [0.4, 0.5) is 0 Å². The minimum Gasteiger partial charge on any atom is -0.466 e. The highest BCUT2D eigenvalue weighted by molar-refractivity contribution is 5.79. The minimum atomic E-state index is -0.130. The van der Waals surface area contributed by atoms with Gasteiger partial charge in [-0.2, -0.15) is 0 Å². The number of hydrogen-bond acceptors (Lipinski definition) is 6. The first-order valence-electron chi connectivity index (χ1n) is 9.20. The standard InChI is InChI=1S/C18H27N3O4/c1-3-24-18(23)14-6-9-20(10-7-14)17(22)12-21-8-4-5-15(21)16-11-13(2)19-25-16/h11,14-15H,3-10,12H2,1-2H3/t15-/m0/s1. The second-order valence-corrected chi connectivity index (χ2v) is 6.91. The maximum atomic E-state index is 12.7. The van der Waals surface area contributed by atoms with Crippen LogP contribution in [0.1, 0.15) is 50.1 Å². The first-order chi connectivity index (χ1) is 12.1. The number of carbonyl (C=O) groups excluding carboxylic acids is 2. The largest absolute Gasteiger partial charge is 0.466 e. The van der Waals surface area contributed by atoms with Crippen LogP contribution in [0.5, 0.6) is 0 Å². The van der Waals surface area contributed by atoms with E-state index in [1.807, 2.05) is 24.8 Å². The number of aryl methyl sites for hydroxylation is 1. The Labute approximate surface area is 148 Å². The zero-order valence-corrected chi connectivity index (χ0v) is 15.1. The van der Waals surface area contributed by atoms with E-state index in [4.69, 9.17) is 9.26 Å². The van der Waals surface area contributed by atoms with E-state index in [1.165, 1.54) is 0 Å². The van der Waals surface area contributed by atoms with Crippen molar-refractivity contribution in [2.45, 2.75) is 45.6 Å². The molecule has 2 aliphatic heterocycles. The second kappa shape index (κ2) is 7.99. The molecule has 138 valence electrons. The lowest BCUT2D eigenvalue weighted by molar-refractivity contribution is -0.151. The topological polar surface area (TPSA) is 75.9 Å². The van der Waals surface area contributed by atoms with Crippen molar-refractivity contribution in [3.8, 4) is 0 Å². The lowest BCUT2D eigenvalue weighted by Gasteiger charge is -2.32. The van der Waals surface area contributed by atoms with Crippen LogP contribution >= 0.6 is 0 Å². The number of hydrogen-bond donors (Lipinski definition) is 0. The van der Waals surface area contributed by atoms with Crippen LogP contribution in [0.15, 0.2) is 10.6 Å². The zero-order chi connectivity index (χ0) is 17.8. The average Bonchev–Trinajstić information content (AvgIpc) is 3.24. The molecule has 2 saturated heterocycles. The summed E-state index contributed by atoms with van der Waals surface area (Å²) >= 11 is 0. The van der Waals surface area contributed by atoms with Gasteiger partial charge in [-0.15, -0.1) is 0 Å². The van der Waals surface area contributed by atoms with Crippen molar-refractivity contribution in [1.82, 2.24) is 15.0 Å². The van der Waals surface area contributed by atoms with Gasteiger partial charge in [-0.3, -0.25) is 14.5 Å². The van der Waals surface area contributed by atoms with E-state index in [2.05, 4.69) is 10.1 Å². The lowest BCUT2D eigenvalue weighted by atomic mass is 9.97. The monoisotopic (exact) mass is 349 g/mol. The van der Waals surface area contributed by atoms with Crippen LogP contribution in [0.3, 0.4) is 0 Å². The molecule has 1 aromatic rings. The van der Waals surface area contributed by atoms with Gasteiger partial charge in [0.15, 0.2) is 5.76 Å². The Kier molecular flexibility index (Phi) is 5.73. The fourth-order valence-corrected chi connectivity index (χ4v) is 3.78. The number of esters is 1. The number of likely N-dealkylation sites (tertiary alicyclic amines) is 2. The van der Waals surface area contributed by atoms with Crippen LogP contribution < -0.4 is 0 Å². The summed E-state index contributed by atoms with van der Waals surface area (Å²) < 4.78 is 10.5. The molecule has 0 aliphatic carbocycles. The molecule has 0 radical (unpaired) electrons. The molecule has 7 heteroatoms. The van der Waals surface area contributed by atoms with Gasteiger partial charge in [-0.1, -0.05) is 5.16 Å². The summed E-state index contributed by atoms with van der Waals surface area (Å²) in [5.74, 6) is 0.782. The SMILES string of the molecule is CCOC(=O)C1CCN(C(=O)CN2CCC[C@H]2c2cc(C)no2)CC1. The molecule has 0 spiro atoms. The average molecular weight is 349 g/mol. The number of carbonyl (C=O) groups is 2. The van der Waals surface area contributed by atoms with E-state index >= 15 is 0 Å². The Morgan fingerprint density at radius 3 is 2.68 bits per heavy atom. The molecule has 2 fully saturated rings. The first-order valence-corrected chi connectivity index (χ1v) is 9.20. The Balaban J connectivity index is 1.51. The van der Waals surface area contributed by atoms with E-state index in [0.29, 0.717) is 39.1 Å². The Hall–Kier alpha value is -1.89. The maximum Gasteiger partial charge on any atom is 0.309 e. The van der Waals surface area contributed by atoms with Crippen molar-refractivity contribution in [2.24, 2.45) is 5.92 Å². The summed E-state index contributed by atoms with van der Waals surface area (Å²) in [6, 6.07) is 2.10. The number of amides is 1.